The van der Waals surface area contributed by atoms with Gasteiger partial charge in [-0.3, -0.25) is 5.32 Å². The summed E-state index contributed by atoms with van der Waals surface area (Å²) in [6.45, 7) is 2.95. The molecule has 7 heteroatoms. The minimum Gasteiger partial charge on any atom is -0.506 e. The van der Waals surface area contributed by atoms with Crippen molar-refractivity contribution < 1.29 is 28.7 Å². The number of esters is 1. The van der Waals surface area contributed by atoms with Crippen LogP contribution in [0.25, 0.3) is 0 Å². The largest absolute Gasteiger partial charge is 0.506 e. The Labute approximate surface area is 197 Å². The van der Waals surface area contributed by atoms with Gasteiger partial charge in [0.05, 0.1) is 26.8 Å². The average molecular weight is 460 g/mol. The maximum Gasteiger partial charge on any atom is 0.412 e. The van der Waals surface area contributed by atoms with Gasteiger partial charge in [-0.05, 0) is 85.0 Å². The molecule has 3 unspecified atom stereocenters. The molecule has 33 heavy (non-hydrogen) atoms. The number of aryl methyl sites for hydroxylation is 1. The Bertz CT molecular complexity index is 909. The molecule has 4 atom stereocenters. The molecule has 3 aliphatic rings. The van der Waals surface area contributed by atoms with Gasteiger partial charge in [-0.25, -0.2) is 9.59 Å². The molecule has 4 rings (SSSR count). The number of quaternary nitrogens is 1. The Hall–Kier alpha value is -2.28. The van der Waals surface area contributed by atoms with E-state index >= 15 is 0 Å². The summed E-state index contributed by atoms with van der Waals surface area (Å²) in [7, 11) is 6.01. The van der Waals surface area contributed by atoms with Crippen LogP contribution in [0.4, 0.5) is 10.5 Å². The quantitative estimate of drug-likeness (QED) is 0.373. The highest BCUT2D eigenvalue weighted by Gasteiger charge is 2.50. The fraction of sp³-hybridized carbons (Fsp3) is 0.692. The third-order valence-corrected chi connectivity index (χ3v) is 8.21. The minimum absolute atomic E-state index is 0.0524. The van der Waals surface area contributed by atoms with Crippen LogP contribution in [-0.4, -0.2) is 62.6 Å². The zero-order valence-corrected chi connectivity index (χ0v) is 20.5. The van der Waals surface area contributed by atoms with Crippen LogP contribution in [0.1, 0.15) is 62.5 Å². The molecule has 182 valence electrons. The van der Waals surface area contributed by atoms with Gasteiger partial charge in [0.2, 0.25) is 0 Å². The van der Waals surface area contributed by atoms with Crippen molar-refractivity contribution in [3.8, 4) is 5.75 Å². The lowest BCUT2D eigenvalue weighted by atomic mass is 9.56. The molecule has 2 saturated carbocycles. The van der Waals surface area contributed by atoms with Crippen LogP contribution in [0, 0.1) is 17.3 Å². The first kappa shape index (κ1) is 23.9. The van der Waals surface area contributed by atoms with Gasteiger partial charge >= 0.3 is 12.1 Å². The van der Waals surface area contributed by atoms with Gasteiger partial charge in [-0.1, -0.05) is 13.3 Å². The van der Waals surface area contributed by atoms with Crippen LogP contribution in [0.2, 0.25) is 0 Å². The van der Waals surface area contributed by atoms with Gasteiger partial charge in [-0.2, -0.15) is 0 Å². The fourth-order valence-electron chi connectivity index (χ4n) is 6.45. The van der Waals surface area contributed by atoms with Crippen molar-refractivity contribution in [2.75, 3.05) is 46.2 Å². The average Bonchev–Trinajstić information content (AvgIpc) is 3.14. The maximum absolute atomic E-state index is 12.2. The number of nitrogens with zero attached hydrogens (tertiary/aromatic N) is 1. The number of phenolic OH excluding ortho intramolecular Hbond substituents is 1. The number of likely N-dealkylation sites (N-methyl/N-ethyl adjacent to an activating group) is 1. The standard InChI is InChI=1S/C26H38N2O5/c1-26-10-5-6-21(26)19-8-7-17-14-22(23(29)15-20(17)18(19)9-11-26)27-25(31)33-16-24(30)32-13-12-28(2,3)4/h14-15,18-19,21H,5-13,16H2,1-4H3,(H-,27,29,31)/p+1/t18?,19?,21?,26-/m0/s1. The first-order valence-corrected chi connectivity index (χ1v) is 12.3. The topological polar surface area (TPSA) is 84.9 Å². The van der Waals surface area contributed by atoms with E-state index in [1.54, 1.807) is 0 Å². The number of fused-ring (bicyclic) bond motifs is 5. The van der Waals surface area contributed by atoms with E-state index in [0.29, 0.717) is 34.0 Å². The number of hydrogen-bond donors (Lipinski definition) is 2. The Morgan fingerprint density at radius 2 is 1.94 bits per heavy atom. The zero-order valence-electron chi connectivity index (χ0n) is 20.5. The van der Waals surface area contributed by atoms with Crippen LogP contribution in [-0.2, 0) is 20.7 Å². The van der Waals surface area contributed by atoms with Crippen molar-refractivity contribution in [1.29, 1.82) is 0 Å². The first-order valence-electron chi connectivity index (χ1n) is 12.3. The minimum atomic E-state index is -0.776. The molecular formula is C26H39N2O5+. The smallest absolute Gasteiger partial charge is 0.412 e. The molecule has 7 nitrogen and oxygen atoms in total. The first-order chi connectivity index (χ1) is 15.6. The zero-order chi connectivity index (χ0) is 23.8. The molecule has 0 radical (unpaired) electrons. The predicted molar refractivity (Wildman–Crippen MR) is 126 cm³/mol. The molecule has 2 fully saturated rings. The molecule has 1 aromatic rings. The van der Waals surface area contributed by atoms with Crippen LogP contribution >= 0.6 is 0 Å². The molecule has 0 aliphatic heterocycles. The summed E-state index contributed by atoms with van der Waals surface area (Å²) in [4.78, 5) is 24.0. The summed E-state index contributed by atoms with van der Waals surface area (Å²) >= 11 is 0. The second-order valence-corrected chi connectivity index (χ2v) is 11.5. The van der Waals surface area contributed by atoms with Gasteiger partial charge in [0, 0.05) is 0 Å². The summed E-state index contributed by atoms with van der Waals surface area (Å²) in [5, 5.41) is 13.2. The van der Waals surface area contributed by atoms with Crippen molar-refractivity contribution in [2.45, 2.75) is 57.8 Å². The van der Waals surface area contributed by atoms with E-state index in [1.165, 1.54) is 49.7 Å². The molecule has 1 aromatic carbocycles. The Morgan fingerprint density at radius 1 is 1.15 bits per heavy atom. The number of carbonyl (C=O) groups is 2. The number of benzene rings is 1. The molecule has 3 aliphatic carbocycles. The van der Waals surface area contributed by atoms with Crippen molar-refractivity contribution in [3.63, 3.8) is 0 Å². The molecule has 1 amide bonds. The predicted octanol–water partition coefficient (Wildman–Crippen LogP) is 4.44. The number of ether oxygens (including phenoxy) is 2. The number of phenols is 1. The summed E-state index contributed by atoms with van der Waals surface area (Å²) in [5.74, 6) is 1.46. The number of amides is 1. The van der Waals surface area contributed by atoms with E-state index in [9.17, 15) is 14.7 Å². The molecule has 0 spiro atoms. The van der Waals surface area contributed by atoms with Gasteiger partial charge in [0.15, 0.2) is 6.61 Å². The van der Waals surface area contributed by atoms with E-state index in [2.05, 4.69) is 12.2 Å². The summed E-state index contributed by atoms with van der Waals surface area (Å²) in [6, 6.07) is 3.72. The number of anilines is 1. The SMILES string of the molecule is C[C@@]12CCCC1C1CCc3cc(NC(=O)OCC(=O)OCC[N+](C)(C)C)c(O)cc3C1CC2. The van der Waals surface area contributed by atoms with Crippen LogP contribution in [0.3, 0.4) is 0 Å². The van der Waals surface area contributed by atoms with Crippen molar-refractivity contribution in [2.24, 2.45) is 17.3 Å². The van der Waals surface area contributed by atoms with Crippen LogP contribution in [0.15, 0.2) is 12.1 Å². The molecule has 0 heterocycles. The lowest BCUT2D eigenvalue weighted by molar-refractivity contribution is -0.870. The summed E-state index contributed by atoms with van der Waals surface area (Å²) in [5.41, 5.74) is 3.28. The second-order valence-electron chi connectivity index (χ2n) is 11.5. The van der Waals surface area contributed by atoms with E-state index in [1.807, 2.05) is 33.3 Å². The highest BCUT2D eigenvalue weighted by Crippen LogP contribution is 2.61. The maximum atomic E-state index is 12.2. The summed E-state index contributed by atoms with van der Waals surface area (Å²) < 4.78 is 10.8. The monoisotopic (exact) mass is 459 g/mol. The van der Waals surface area contributed by atoms with E-state index in [0.717, 1.165) is 12.3 Å². The second kappa shape index (κ2) is 9.16. The van der Waals surface area contributed by atoms with Gasteiger partial charge in [0.25, 0.3) is 0 Å². The van der Waals surface area contributed by atoms with Crippen molar-refractivity contribution >= 4 is 17.7 Å². The van der Waals surface area contributed by atoms with E-state index in [4.69, 9.17) is 9.47 Å². The van der Waals surface area contributed by atoms with Gasteiger partial charge in [-0.15, -0.1) is 0 Å². The van der Waals surface area contributed by atoms with Crippen molar-refractivity contribution in [1.82, 2.24) is 0 Å². The third kappa shape index (κ3) is 5.29. The summed E-state index contributed by atoms with van der Waals surface area (Å²) in [6.07, 6.45) is 7.83. The number of aromatic hydroxyl groups is 1. The van der Waals surface area contributed by atoms with Gasteiger partial charge < -0.3 is 19.1 Å². The number of rotatable bonds is 6. The van der Waals surface area contributed by atoms with E-state index < -0.39 is 18.7 Å². The Morgan fingerprint density at radius 3 is 2.70 bits per heavy atom. The third-order valence-electron chi connectivity index (χ3n) is 8.21. The molecular weight excluding hydrogens is 420 g/mol. The molecule has 0 bridgehead atoms. The molecule has 2 N–H and O–H groups in total. The number of nitrogens with one attached hydrogen (secondary N) is 1. The van der Waals surface area contributed by atoms with Gasteiger partial charge in [0.1, 0.15) is 18.9 Å². The number of hydrogen-bond acceptors (Lipinski definition) is 5. The normalized spacial score (nSPS) is 28.3. The van der Waals surface area contributed by atoms with Crippen molar-refractivity contribution in [3.05, 3.63) is 23.3 Å². The fourth-order valence-corrected chi connectivity index (χ4v) is 6.45. The highest BCUT2D eigenvalue weighted by atomic mass is 16.6. The Kier molecular flexibility index (Phi) is 6.63. The van der Waals surface area contributed by atoms with Crippen LogP contribution in [0.5, 0.6) is 5.75 Å². The number of carbonyl (C=O) groups excluding carboxylic acids is 2. The lowest BCUT2D eigenvalue weighted by Crippen LogP contribution is -2.39. The Balaban J connectivity index is 1.34. The van der Waals surface area contributed by atoms with Crippen LogP contribution < -0.4 is 5.32 Å². The molecule has 0 aromatic heterocycles. The lowest BCUT2D eigenvalue weighted by Gasteiger charge is -2.49. The molecule has 0 saturated heterocycles. The highest BCUT2D eigenvalue weighted by molar-refractivity contribution is 5.88. The van der Waals surface area contributed by atoms with E-state index in [-0.39, 0.29) is 12.4 Å².